The van der Waals surface area contributed by atoms with Crippen molar-refractivity contribution in [2.75, 3.05) is 6.61 Å². The molecule has 0 bridgehead atoms. The van der Waals surface area contributed by atoms with E-state index in [9.17, 15) is 25.2 Å². The molecule has 1 aliphatic rings. The Kier molecular flexibility index (Phi) is 4.65. The second-order valence-corrected chi connectivity index (χ2v) is 4.54. The summed E-state index contributed by atoms with van der Waals surface area (Å²) in [6.07, 6.45) is -6.24. The third kappa shape index (κ3) is 2.79. The SMILES string of the molecule is C[C@H]1C([C@@H](O)[C@H](O)CO)O[C@@](O)(C(=O)O)C[C@H]1O. The zero-order valence-electron chi connectivity index (χ0n) is 9.80. The van der Waals surface area contributed by atoms with Crippen molar-refractivity contribution in [3.05, 3.63) is 0 Å². The minimum absolute atomic E-state index is 0.540. The fourth-order valence-electron chi connectivity index (χ4n) is 1.91. The van der Waals surface area contributed by atoms with Gasteiger partial charge in [-0.3, -0.25) is 0 Å². The number of hydrogen-bond acceptors (Lipinski definition) is 7. The van der Waals surface area contributed by atoms with Crippen LogP contribution in [0.2, 0.25) is 0 Å². The summed E-state index contributed by atoms with van der Waals surface area (Å²) in [5.74, 6) is -5.02. The van der Waals surface area contributed by atoms with Crippen molar-refractivity contribution < 1.29 is 40.2 Å². The quantitative estimate of drug-likeness (QED) is 0.321. The molecule has 0 radical (unpaired) electrons. The summed E-state index contributed by atoms with van der Waals surface area (Å²) in [5.41, 5.74) is 0. The minimum atomic E-state index is -2.62. The number of carbonyl (C=O) groups is 1. The average Bonchev–Trinajstić information content (AvgIpc) is 2.31. The number of carboxylic acid groups (broad SMARTS) is 1. The Morgan fingerprint density at radius 3 is 2.50 bits per heavy atom. The fraction of sp³-hybridized carbons (Fsp3) is 0.900. The van der Waals surface area contributed by atoms with E-state index in [0.717, 1.165) is 0 Å². The van der Waals surface area contributed by atoms with Crippen molar-refractivity contribution in [1.29, 1.82) is 0 Å². The molecule has 6 atom stereocenters. The normalized spacial score (nSPS) is 40.2. The smallest absolute Gasteiger partial charge is 0.364 e. The lowest BCUT2D eigenvalue weighted by atomic mass is 9.85. The summed E-state index contributed by atoms with van der Waals surface area (Å²) >= 11 is 0. The molecule has 1 rings (SSSR count). The van der Waals surface area contributed by atoms with Gasteiger partial charge in [-0.2, -0.15) is 0 Å². The number of rotatable bonds is 4. The van der Waals surface area contributed by atoms with Gasteiger partial charge in [0.25, 0.3) is 5.79 Å². The second kappa shape index (κ2) is 5.47. The van der Waals surface area contributed by atoms with E-state index in [2.05, 4.69) is 0 Å². The van der Waals surface area contributed by atoms with Crippen LogP contribution in [0.15, 0.2) is 0 Å². The number of carboxylic acids is 1. The molecule has 0 aromatic carbocycles. The van der Waals surface area contributed by atoms with Crippen LogP contribution in [0.25, 0.3) is 0 Å². The number of aliphatic hydroxyl groups is 5. The van der Waals surface area contributed by atoms with Crippen LogP contribution < -0.4 is 0 Å². The summed E-state index contributed by atoms with van der Waals surface area (Å²) in [5, 5.41) is 55.9. The van der Waals surface area contributed by atoms with E-state index in [1.165, 1.54) is 6.92 Å². The van der Waals surface area contributed by atoms with E-state index in [1.807, 2.05) is 0 Å². The van der Waals surface area contributed by atoms with Crippen LogP contribution in [0.4, 0.5) is 0 Å². The van der Waals surface area contributed by atoms with E-state index in [-0.39, 0.29) is 0 Å². The van der Waals surface area contributed by atoms with Gasteiger partial charge in [-0.05, 0) is 0 Å². The summed E-state index contributed by atoms with van der Waals surface area (Å²) in [7, 11) is 0. The van der Waals surface area contributed by atoms with Gasteiger partial charge >= 0.3 is 5.97 Å². The molecule has 18 heavy (non-hydrogen) atoms. The van der Waals surface area contributed by atoms with E-state index in [1.54, 1.807) is 0 Å². The Bertz CT molecular complexity index is 308. The predicted molar refractivity (Wildman–Crippen MR) is 56.3 cm³/mol. The van der Waals surface area contributed by atoms with Crippen LogP contribution in [0.5, 0.6) is 0 Å². The zero-order valence-corrected chi connectivity index (χ0v) is 9.80. The summed E-state index contributed by atoms with van der Waals surface area (Å²) in [6, 6.07) is 0. The highest BCUT2D eigenvalue weighted by molar-refractivity contribution is 5.75. The van der Waals surface area contributed by atoms with Crippen molar-refractivity contribution >= 4 is 5.97 Å². The van der Waals surface area contributed by atoms with E-state index in [0.29, 0.717) is 0 Å². The number of ether oxygens (including phenoxy) is 1. The molecule has 0 amide bonds. The first-order chi connectivity index (χ1) is 8.23. The van der Waals surface area contributed by atoms with Gasteiger partial charge in [0.2, 0.25) is 0 Å². The van der Waals surface area contributed by atoms with Crippen molar-refractivity contribution in [2.24, 2.45) is 5.92 Å². The predicted octanol–water partition coefficient (Wildman–Crippen LogP) is -2.74. The lowest BCUT2D eigenvalue weighted by molar-refractivity contribution is -0.302. The fourth-order valence-corrected chi connectivity index (χ4v) is 1.91. The lowest BCUT2D eigenvalue weighted by Gasteiger charge is -2.43. The van der Waals surface area contributed by atoms with Crippen LogP contribution in [-0.2, 0) is 9.53 Å². The molecular formula is C10H18O8. The molecule has 0 spiro atoms. The van der Waals surface area contributed by atoms with Crippen molar-refractivity contribution in [3.63, 3.8) is 0 Å². The van der Waals surface area contributed by atoms with Gasteiger partial charge in [-0.25, -0.2) is 4.79 Å². The number of aliphatic carboxylic acids is 1. The van der Waals surface area contributed by atoms with Crippen LogP contribution >= 0.6 is 0 Å². The highest BCUT2D eigenvalue weighted by Crippen LogP contribution is 2.33. The molecular weight excluding hydrogens is 248 g/mol. The third-order valence-corrected chi connectivity index (χ3v) is 3.19. The van der Waals surface area contributed by atoms with Crippen LogP contribution in [0.1, 0.15) is 13.3 Å². The van der Waals surface area contributed by atoms with E-state index in [4.69, 9.17) is 14.9 Å². The molecule has 1 heterocycles. The first-order valence-electron chi connectivity index (χ1n) is 5.51. The van der Waals surface area contributed by atoms with Gasteiger partial charge in [0.1, 0.15) is 12.2 Å². The maximum atomic E-state index is 10.9. The molecule has 6 N–H and O–H groups in total. The second-order valence-electron chi connectivity index (χ2n) is 4.54. The molecule has 106 valence electrons. The molecule has 0 aromatic heterocycles. The first-order valence-corrected chi connectivity index (χ1v) is 5.51. The number of aliphatic hydroxyl groups excluding tert-OH is 4. The largest absolute Gasteiger partial charge is 0.477 e. The molecule has 0 aliphatic carbocycles. The Morgan fingerprint density at radius 2 is 2.06 bits per heavy atom. The molecule has 8 heteroatoms. The third-order valence-electron chi connectivity index (χ3n) is 3.19. The molecule has 1 aliphatic heterocycles. The summed E-state index contributed by atoms with van der Waals surface area (Å²) < 4.78 is 4.88. The lowest BCUT2D eigenvalue weighted by Crippen LogP contribution is -2.60. The molecule has 1 saturated heterocycles. The molecule has 0 saturated carbocycles. The van der Waals surface area contributed by atoms with Crippen molar-refractivity contribution in [2.45, 2.75) is 43.5 Å². The molecule has 0 aromatic rings. The highest BCUT2D eigenvalue weighted by Gasteiger charge is 2.51. The Morgan fingerprint density at radius 1 is 1.50 bits per heavy atom. The van der Waals surface area contributed by atoms with Gasteiger partial charge in [0.15, 0.2) is 0 Å². The molecule has 8 nitrogen and oxygen atoms in total. The van der Waals surface area contributed by atoms with Crippen LogP contribution in [0.3, 0.4) is 0 Å². The Balaban J connectivity index is 2.92. The maximum Gasteiger partial charge on any atom is 0.364 e. The zero-order chi connectivity index (χ0) is 14.1. The van der Waals surface area contributed by atoms with Gasteiger partial charge in [0, 0.05) is 12.3 Å². The summed E-state index contributed by atoms with van der Waals surface area (Å²) in [4.78, 5) is 10.9. The monoisotopic (exact) mass is 266 g/mol. The highest BCUT2D eigenvalue weighted by atomic mass is 16.7. The van der Waals surface area contributed by atoms with Crippen LogP contribution in [-0.4, -0.2) is 73.4 Å². The van der Waals surface area contributed by atoms with Gasteiger partial charge in [0.05, 0.1) is 18.8 Å². The van der Waals surface area contributed by atoms with Crippen molar-refractivity contribution in [3.8, 4) is 0 Å². The summed E-state index contributed by atoms with van der Waals surface area (Å²) in [6.45, 7) is 0.722. The minimum Gasteiger partial charge on any atom is -0.477 e. The molecule has 1 fully saturated rings. The number of hydrogen-bond donors (Lipinski definition) is 6. The van der Waals surface area contributed by atoms with E-state index >= 15 is 0 Å². The van der Waals surface area contributed by atoms with Crippen LogP contribution in [0, 0.1) is 5.92 Å². The van der Waals surface area contributed by atoms with Gasteiger partial charge < -0.3 is 35.4 Å². The van der Waals surface area contributed by atoms with Gasteiger partial charge in [-0.1, -0.05) is 6.92 Å². The van der Waals surface area contributed by atoms with E-state index < -0.39 is 55.1 Å². The van der Waals surface area contributed by atoms with Crippen molar-refractivity contribution in [1.82, 2.24) is 0 Å². The maximum absolute atomic E-state index is 10.9. The van der Waals surface area contributed by atoms with Gasteiger partial charge in [-0.15, -0.1) is 0 Å². The topological polar surface area (TPSA) is 148 Å². The Hall–Kier alpha value is -0.770. The first kappa shape index (κ1) is 15.3. The standard InChI is InChI=1S/C10H18O8/c1-4-5(12)2-10(17,9(15)16)18-8(4)7(14)6(13)3-11/h4-8,11-14,17H,2-3H2,1H3,(H,15,16)/t4-,5-,6-,7+,8?,10-/m1/s1. The Labute approximate surface area is 103 Å². The average molecular weight is 266 g/mol. The molecule has 1 unspecified atom stereocenters.